The Morgan fingerprint density at radius 2 is 2.04 bits per heavy atom. The second-order valence-corrected chi connectivity index (χ2v) is 5.59. The second-order valence-electron chi connectivity index (χ2n) is 5.15. The van der Waals surface area contributed by atoms with Gasteiger partial charge < -0.3 is 5.11 Å². The standard InChI is InChI=1S/C16H13ClN4O3/c17-13-3-1-2-12(8-13)15(22)10-20-9-14(21(23)24)16(19-20)11-4-6-18-7-5-11/h1-9,15,22H,10H2. The zero-order valence-corrected chi connectivity index (χ0v) is 13.2. The summed E-state index contributed by atoms with van der Waals surface area (Å²) in [7, 11) is 0. The summed E-state index contributed by atoms with van der Waals surface area (Å²) in [5.74, 6) is 0. The number of nitrogens with zero attached hydrogens (tertiary/aromatic N) is 4. The van der Waals surface area contributed by atoms with Crippen LogP contribution in [0.5, 0.6) is 0 Å². The minimum atomic E-state index is -0.881. The van der Waals surface area contributed by atoms with E-state index in [0.29, 0.717) is 16.1 Å². The smallest absolute Gasteiger partial charge is 0.314 e. The van der Waals surface area contributed by atoms with Crippen LogP contribution in [0.3, 0.4) is 0 Å². The van der Waals surface area contributed by atoms with E-state index in [9.17, 15) is 15.2 Å². The third kappa shape index (κ3) is 3.42. The maximum Gasteiger partial charge on any atom is 0.314 e. The van der Waals surface area contributed by atoms with E-state index in [-0.39, 0.29) is 17.9 Å². The lowest BCUT2D eigenvalue weighted by molar-refractivity contribution is -0.384. The number of aromatic nitrogens is 3. The van der Waals surface area contributed by atoms with Crippen LogP contribution >= 0.6 is 11.6 Å². The number of pyridine rings is 1. The van der Waals surface area contributed by atoms with Crippen LogP contribution in [0.4, 0.5) is 5.69 Å². The fourth-order valence-corrected chi connectivity index (χ4v) is 2.55. The van der Waals surface area contributed by atoms with E-state index in [1.165, 1.54) is 10.9 Å². The predicted molar refractivity (Wildman–Crippen MR) is 88.5 cm³/mol. The Kier molecular flexibility index (Phi) is 4.54. The molecule has 3 rings (SSSR count). The monoisotopic (exact) mass is 344 g/mol. The largest absolute Gasteiger partial charge is 0.386 e. The van der Waals surface area contributed by atoms with Gasteiger partial charge in [0.15, 0.2) is 5.69 Å². The first-order chi connectivity index (χ1) is 11.5. The van der Waals surface area contributed by atoms with Crippen molar-refractivity contribution in [3.05, 3.63) is 75.7 Å². The molecule has 1 N–H and O–H groups in total. The molecule has 3 aromatic rings. The van der Waals surface area contributed by atoms with Gasteiger partial charge in [0.1, 0.15) is 6.20 Å². The molecule has 0 saturated heterocycles. The lowest BCUT2D eigenvalue weighted by atomic mass is 10.1. The Balaban J connectivity index is 1.91. The fourth-order valence-electron chi connectivity index (χ4n) is 2.35. The Morgan fingerprint density at radius 3 is 2.71 bits per heavy atom. The van der Waals surface area contributed by atoms with Crippen LogP contribution in [0.1, 0.15) is 11.7 Å². The van der Waals surface area contributed by atoms with Crippen LogP contribution in [0.25, 0.3) is 11.3 Å². The molecule has 0 saturated carbocycles. The van der Waals surface area contributed by atoms with Gasteiger partial charge in [-0.1, -0.05) is 23.7 Å². The lowest BCUT2D eigenvalue weighted by Gasteiger charge is -2.11. The van der Waals surface area contributed by atoms with Crippen molar-refractivity contribution in [2.24, 2.45) is 0 Å². The predicted octanol–water partition coefficient (Wildman–Crippen LogP) is 3.24. The maximum atomic E-state index is 11.3. The van der Waals surface area contributed by atoms with Gasteiger partial charge >= 0.3 is 5.69 Å². The van der Waals surface area contributed by atoms with Gasteiger partial charge in [0.05, 0.1) is 17.6 Å². The van der Waals surface area contributed by atoms with E-state index < -0.39 is 11.0 Å². The van der Waals surface area contributed by atoms with E-state index in [1.54, 1.807) is 48.8 Å². The van der Waals surface area contributed by atoms with Crippen LogP contribution in [0.15, 0.2) is 55.0 Å². The summed E-state index contributed by atoms with van der Waals surface area (Å²) in [5, 5.41) is 26.3. The highest BCUT2D eigenvalue weighted by Gasteiger charge is 2.22. The van der Waals surface area contributed by atoms with Crippen molar-refractivity contribution in [2.75, 3.05) is 0 Å². The Hall–Kier alpha value is -2.77. The quantitative estimate of drug-likeness (QED) is 0.566. The molecular formula is C16H13ClN4O3. The highest BCUT2D eigenvalue weighted by atomic mass is 35.5. The number of hydrogen-bond acceptors (Lipinski definition) is 5. The van der Waals surface area contributed by atoms with Gasteiger partial charge in [0.2, 0.25) is 0 Å². The molecule has 0 amide bonds. The molecule has 2 heterocycles. The molecule has 122 valence electrons. The van der Waals surface area contributed by atoms with E-state index in [1.807, 2.05) is 0 Å². The summed E-state index contributed by atoms with van der Waals surface area (Å²) in [6, 6.07) is 10.1. The number of hydrogen-bond donors (Lipinski definition) is 1. The van der Waals surface area contributed by atoms with Gasteiger partial charge in [-0.2, -0.15) is 5.10 Å². The zero-order valence-electron chi connectivity index (χ0n) is 12.4. The second kappa shape index (κ2) is 6.77. The van der Waals surface area contributed by atoms with Crippen molar-refractivity contribution in [1.29, 1.82) is 0 Å². The Labute approximate surface area is 142 Å². The summed E-state index contributed by atoms with van der Waals surface area (Å²) in [5.41, 5.74) is 1.32. The topological polar surface area (TPSA) is 94.1 Å². The number of nitro groups is 1. The van der Waals surface area contributed by atoms with Gasteiger partial charge in [-0.15, -0.1) is 0 Å². The summed E-state index contributed by atoms with van der Waals surface area (Å²) in [6.45, 7) is 0.0757. The number of aliphatic hydroxyl groups is 1. The van der Waals surface area contributed by atoms with Crippen LogP contribution in [0.2, 0.25) is 5.02 Å². The van der Waals surface area contributed by atoms with Gasteiger partial charge in [0.25, 0.3) is 0 Å². The van der Waals surface area contributed by atoms with Gasteiger partial charge in [-0.25, -0.2) is 0 Å². The van der Waals surface area contributed by atoms with E-state index in [4.69, 9.17) is 11.6 Å². The van der Waals surface area contributed by atoms with Crippen LogP contribution < -0.4 is 0 Å². The Bertz CT molecular complexity index is 867. The number of aliphatic hydroxyl groups excluding tert-OH is 1. The summed E-state index contributed by atoms with van der Waals surface area (Å²) >= 11 is 5.91. The molecule has 7 nitrogen and oxygen atoms in total. The van der Waals surface area contributed by atoms with Gasteiger partial charge in [-0.3, -0.25) is 19.8 Å². The van der Waals surface area contributed by atoms with Crippen LogP contribution in [-0.4, -0.2) is 24.8 Å². The summed E-state index contributed by atoms with van der Waals surface area (Å²) in [6.07, 6.45) is 3.51. The highest BCUT2D eigenvalue weighted by molar-refractivity contribution is 6.30. The van der Waals surface area contributed by atoms with Crippen molar-refractivity contribution in [2.45, 2.75) is 12.6 Å². The van der Waals surface area contributed by atoms with E-state index >= 15 is 0 Å². The average molecular weight is 345 g/mol. The highest BCUT2D eigenvalue weighted by Crippen LogP contribution is 2.28. The van der Waals surface area contributed by atoms with Crippen LogP contribution in [0, 0.1) is 10.1 Å². The molecule has 0 fully saturated rings. The molecule has 0 aliphatic heterocycles. The molecule has 8 heteroatoms. The first kappa shape index (κ1) is 16.1. The van der Waals surface area contributed by atoms with Crippen LogP contribution in [-0.2, 0) is 6.54 Å². The Morgan fingerprint density at radius 1 is 1.29 bits per heavy atom. The average Bonchev–Trinajstić information content (AvgIpc) is 3.00. The van der Waals surface area contributed by atoms with Crippen molar-refractivity contribution in [1.82, 2.24) is 14.8 Å². The molecule has 1 aromatic carbocycles. The number of rotatable bonds is 5. The third-order valence-corrected chi connectivity index (χ3v) is 3.72. The molecule has 0 aliphatic rings. The molecule has 0 radical (unpaired) electrons. The van der Waals surface area contributed by atoms with Gasteiger partial charge in [-0.05, 0) is 29.8 Å². The van der Waals surface area contributed by atoms with Crippen molar-refractivity contribution in [3.8, 4) is 11.3 Å². The minimum Gasteiger partial charge on any atom is -0.386 e. The fraction of sp³-hybridized carbons (Fsp3) is 0.125. The molecule has 0 spiro atoms. The molecule has 0 aliphatic carbocycles. The number of halogens is 1. The van der Waals surface area contributed by atoms with Crippen molar-refractivity contribution < 1.29 is 10.0 Å². The molecule has 24 heavy (non-hydrogen) atoms. The maximum absolute atomic E-state index is 11.3. The third-order valence-electron chi connectivity index (χ3n) is 3.49. The minimum absolute atomic E-state index is 0.0757. The van der Waals surface area contributed by atoms with Gasteiger partial charge in [0, 0.05) is 23.0 Å². The lowest BCUT2D eigenvalue weighted by Crippen LogP contribution is -2.09. The zero-order chi connectivity index (χ0) is 17.1. The number of benzene rings is 1. The summed E-state index contributed by atoms with van der Waals surface area (Å²) < 4.78 is 1.36. The molecule has 2 aromatic heterocycles. The normalized spacial score (nSPS) is 12.1. The van der Waals surface area contributed by atoms with Crippen molar-refractivity contribution in [3.63, 3.8) is 0 Å². The molecule has 1 atom stereocenters. The van der Waals surface area contributed by atoms with Crippen molar-refractivity contribution >= 4 is 17.3 Å². The SMILES string of the molecule is O=[N+]([O-])c1cn(CC(O)c2cccc(Cl)c2)nc1-c1ccncc1. The first-order valence-corrected chi connectivity index (χ1v) is 7.48. The summed E-state index contributed by atoms with van der Waals surface area (Å²) in [4.78, 5) is 14.7. The molecular weight excluding hydrogens is 332 g/mol. The molecule has 1 unspecified atom stereocenters. The van der Waals surface area contributed by atoms with E-state index in [0.717, 1.165) is 0 Å². The first-order valence-electron chi connectivity index (χ1n) is 7.10. The molecule has 0 bridgehead atoms. The van der Waals surface area contributed by atoms with E-state index in [2.05, 4.69) is 10.1 Å².